The Morgan fingerprint density at radius 3 is 2.38 bits per heavy atom. The van der Waals surface area contributed by atoms with Gasteiger partial charge in [-0.2, -0.15) is 0 Å². The maximum atomic E-state index is 12.0. The summed E-state index contributed by atoms with van der Waals surface area (Å²) in [5.41, 5.74) is 6.41. The van der Waals surface area contributed by atoms with Gasteiger partial charge in [-0.25, -0.2) is 9.59 Å². The number of nitrogens with two attached hydrogens (primary N) is 1. The van der Waals surface area contributed by atoms with Gasteiger partial charge in [-0.15, -0.1) is 0 Å². The summed E-state index contributed by atoms with van der Waals surface area (Å²) in [6.45, 7) is 5.32. The van der Waals surface area contributed by atoms with Crippen LogP contribution in [0.4, 0.5) is 5.69 Å². The molecule has 0 heterocycles. The third kappa shape index (κ3) is 5.07. The van der Waals surface area contributed by atoms with Gasteiger partial charge in [-0.1, -0.05) is 18.2 Å². The Kier molecular flexibility index (Phi) is 5.32. The van der Waals surface area contributed by atoms with Crippen molar-refractivity contribution < 1.29 is 19.4 Å². The van der Waals surface area contributed by atoms with Crippen molar-refractivity contribution in [2.75, 3.05) is 12.8 Å². The van der Waals surface area contributed by atoms with Gasteiger partial charge in [-0.05, 0) is 39.4 Å². The molecule has 0 aliphatic rings. The summed E-state index contributed by atoms with van der Waals surface area (Å²) in [4.78, 5) is 24.8. The number of carboxylic acids is 1. The van der Waals surface area contributed by atoms with Gasteiger partial charge in [0.2, 0.25) is 6.04 Å². The average molecular weight is 294 g/mol. The van der Waals surface area contributed by atoms with Crippen LogP contribution in [-0.4, -0.2) is 40.6 Å². The van der Waals surface area contributed by atoms with Gasteiger partial charge < -0.3 is 15.6 Å². The van der Waals surface area contributed by atoms with Crippen LogP contribution in [0.1, 0.15) is 26.3 Å². The predicted molar refractivity (Wildman–Crippen MR) is 79.6 cm³/mol. The highest BCUT2D eigenvalue weighted by Gasteiger charge is 2.34. The molecule has 0 fully saturated rings. The Balaban J connectivity index is 2.88. The summed E-state index contributed by atoms with van der Waals surface area (Å²) < 4.78 is 5.16. The third-order valence-electron chi connectivity index (χ3n) is 2.78. The Morgan fingerprint density at radius 2 is 1.90 bits per heavy atom. The fourth-order valence-corrected chi connectivity index (χ4v) is 1.87. The number of ether oxygens (including phenoxy) is 1. The number of hydrogen-bond donors (Lipinski definition) is 2. The zero-order valence-electron chi connectivity index (χ0n) is 12.8. The number of nitrogens with zero attached hydrogens (tertiary/aromatic N) is 1. The highest BCUT2D eigenvalue weighted by Crippen LogP contribution is 2.16. The van der Waals surface area contributed by atoms with Crippen LogP contribution in [-0.2, 0) is 20.9 Å². The summed E-state index contributed by atoms with van der Waals surface area (Å²) >= 11 is 0. The molecule has 0 spiro atoms. The van der Waals surface area contributed by atoms with E-state index in [1.54, 1.807) is 46.0 Å². The minimum absolute atomic E-state index is 0.239. The lowest BCUT2D eigenvalue weighted by Gasteiger charge is -2.27. The van der Waals surface area contributed by atoms with Gasteiger partial charge in [0, 0.05) is 12.2 Å². The van der Waals surface area contributed by atoms with E-state index in [0.29, 0.717) is 5.69 Å². The molecular weight excluding hydrogens is 272 g/mol. The fraction of sp³-hybridized carbons (Fsp3) is 0.467. The first-order valence-corrected chi connectivity index (χ1v) is 6.61. The molecule has 1 rings (SSSR count). The molecule has 1 aromatic carbocycles. The Labute approximate surface area is 124 Å². The molecule has 0 aliphatic carbocycles. The molecular formula is C15H22N2O4. The van der Waals surface area contributed by atoms with Crippen LogP contribution >= 0.6 is 0 Å². The Hall–Kier alpha value is -2.08. The molecule has 3 N–H and O–H groups in total. The van der Waals surface area contributed by atoms with E-state index >= 15 is 0 Å². The molecule has 0 amide bonds. The number of hydrogen-bond acceptors (Lipinski definition) is 5. The van der Waals surface area contributed by atoms with Crippen molar-refractivity contribution in [3.63, 3.8) is 0 Å². The highest BCUT2D eigenvalue weighted by atomic mass is 16.6. The van der Waals surface area contributed by atoms with E-state index in [2.05, 4.69) is 0 Å². The smallest absolute Gasteiger partial charge is 0.335 e. The number of benzene rings is 1. The van der Waals surface area contributed by atoms with Gasteiger partial charge in [0.1, 0.15) is 5.60 Å². The molecule has 0 saturated carbocycles. The van der Waals surface area contributed by atoms with E-state index in [9.17, 15) is 14.7 Å². The van der Waals surface area contributed by atoms with E-state index in [4.69, 9.17) is 10.5 Å². The molecule has 1 aromatic rings. The van der Waals surface area contributed by atoms with Gasteiger partial charge in [0.15, 0.2) is 0 Å². The van der Waals surface area contributed by atoms with Crippen LogP contribution < -0.4 is 5.73 Å². The van der Waals surface area contributed by atoms with Crippen molar-refractivity contribution in [1.82, 2.24) is 4.90 Å². The first-order chi connectivity index (χ1) is 9.61. The molecule has 0 saturated heterocycles. The zero-order chi connectivity index (χ0) is 16.2. The van der Waals surface area contributed by atoms with Gasteiger partial charge >= 0.3 is 11.9 Å². The lowest BCUT2D eigenvalue weighted by atomic mass is 10.1. The number of rotatable bonds is 5. The van der Waals surface area contributed by atoms with Crippen molar-refractivity contribution >= 4 is 17.6 Å². The van der Waals surface area contributed by atoms with Crippen LogP contribution in [0.2, 0.25) is 0 Å². The molecule has 116 valence electrons. The second kappa shape index (κ2) is 6.58. The molecule has 0 radical (unpaired) electrons. The maximum Gasteiger partial charge on any atom is 0.335 e. The summed E-state index contributed by atoms with van der Waals surface area (Å²) in [6.07, 6.45) is 0. The fourth-order valence-electron chi connectivity index (χ4n) is 1.87. The number of para-hydroxylation sites is 1. The molecule has 21 heavy (non-hydrogen) atoms. The van der Waals surface area contributed by atoms with Gasteiger partial charge in [0.05, 0.1) is 0 Å². The van der Waals surface area contributed by atoms with Gasteiger partial charge in [0.25, 0.3) is 0 Å². The molecule has 0 bridgehead atoms. The SMILES string of the molecule is CN(Cc1ccccc1N)C(C(=O)O)C(=O)OC(C)(C)C. The van der Waals surface area contributed by atoms with Crippen LogP contribution in [0.3, 0.4) is 0 Å². The van der Waals surface area contributed by atoms with Crippen molar-refractivity contribution in [1.29, 1.82) is 0 Å². The second-order valence-corrected chi connectivity index (χ2v) is 5.89. The number of carbonyl (C=O) groups is 2. The van der Waals surface area contributed by atoms with Crippen LogP contribution in [0.25, 0.3) is 0 Å². The summed E-state index contributed by atoms with van der Waals surface area (Å²) in [5.74, 6) is -2.03. The average Bonchev–Trinajstić information content (AvgIpc) is 2.29. The monoisotopic (exact) mass is 294 g/mol. The molecule has 1 atom stereocenters. The summed E-state index contributed by atoms with van der Waals surface area (Å²) in [5, 5.41) is 9.28. The number of likely N-dealkylation sites (N-methyl/N-ethyl adjacent to an activating group) is 1. The number of esters is 1. The number of aliphatic carboxylic acids is 1. The summed E-state index contributed by atoms with van der Waals surface area (Å²) in [7, 11) is 1.55. The van der Waals surface area contributed by atoms with E-state index in [1.807, 2.05) is 6.07 Å². The van der Waals surface area contributed by atoms with Gasteiger partial charge in [-0.3, -0.25) is 4.90 Å². The Morgan fingerprint density at radius 1 is 1.33 bits per heavy atom. The van der Waals surface area contributed by atoms with Crippen molar-refractivity contribution in [2.45, 2.75) is 39.0 Å². The highest BCUT2D eigenvalue weighted by molar-refractivity contribution is 5.98. The Bertz CT molecular complexity index is 523. The lowest BCUT2D eigenvalue weighted by Crippen LogP contribution is -2.47. The molecule has 6 heteroatoms. The van der Waals surface area contributed by atoms with Crippen molar-refractivity contribution in [2.24, 2.45) is 0 Å². The van der Waals surface area contributed by atoms with E-state index < -0.39 is 23.6 Å². The third-order valence-corrected chi connectivity index (χ3v) is 2.78. The topological polar surface area (TPSA) is 92.9 Å². The summed E-state index contributed by atoms with van der Waals surface area (Å²) in [6, 6.07) is 5.75. The largest absolute Gasteiger partial charge is 0.480 e. The van der Waals surface area contributed by atoms with Crippen LogP contribution in [0, 0.1) is 0 Å². The standard InChI is InChI=1S/C15H22N2O4/c1-15(2,3)21-14(20)12(13(18)19)17(4)9-10-7-5-6-8-11(10)16/h5-8,12H,9,16H2,1-4H3,(H,18,19). The van der Waals surface area contributed by atoms with Crippen molar-refractivity contribution in [3.05, 3.63) is 29.8 Å². The zero-order valence-corrected chi connectivity index (χ0v) is 12.8. The van der Waals surface area contributed by atoms with Crippen LogP contribution in [0.15, 0.2) is 24.3 Å². The predicted octanol–water partition coefficient (Wildman–Crippen LogP) is 1.50. The second-order valence-electron chi connectivity index (χ2n) is 5.89. The number of carboxylic acid groups (broad SMARTS) is 1. The van der Waals surface area contributed by atoms with Crippen LogP contribution in [0.5, 0.6) is 0 Å². The van der Waals surface area contributed by atoms with E-state index in [1.165, 1.54) is 4.90 Å². The quantitative estimate of drug-likeness (QED) is 0.485. The number of anilines is 1. The molecule has 0 aromatic heterocycles. The van der Waals surface area contributed by atoms with E-state index in [-0.39, 0.29) is 6.54 Å². The number of nitrogen functional groups attached to an aromatic ring is 1. The van der Waals surface area contributed by atoms with E-state index in [0.717, 1.165) is 5.56 Å². The molecule has 6 nitrogen and oxygen atoms in total. The van der Waals surface area contributed by atoms with Crippen molar-refractivity contribution in [3.8, 4) is 0 Å². The molecule has 0 aliphatic heterocycles. The minimum atomic E-state index is -1.37. The first-order valence-electron chi connectivity index (χ1n) is 6.61. The minimum Gasteiger partial charge on any atom is -0.480 e. The lowest BCUT2D eigenvalue weighted by molar-refractivity contribution is -0.168. The normalized spacial score (nSPS) is 13.0. The number of carbonyl (C=O) groups excluding carboxylic acids is 1. The maximum absolute atomic E-state index is 12.0. The first kappa shape index (κ1) is 17.0. The molecule has 1 unspecified atom stereocenters.